The van der Waals surface area contributed by atoms with Crippen molar-refractivity contribution in [3.63, 3.8) is 0 Å². The molecule has 1 saturated heterocycles. The molecule has 1 aliphatic heterocycles. The number of ether oxygens (including phenoxy) is 1. The summed E-state index contributed by atoms with van der Waals surface area (Å²) in [6, 6.07) is 2.71. The van der Waals surface area contributed by atoms with Crippen molar-refractivity contribution in [3.8, 4) is 11.3 Å². The van der Waals surface area contributed by atoms with Crippen LogP contribution < -0.4 is 5.32 Å². The summed E-state index contributed by atoms with van der Waals surface area (Å²) >= 11 is 0. The predicted octanol–water partition coefficient (Wildman–Crippen LogP) is 2.54. The van der Waals surface area contributed by atoms with Gasteiger partial charge in [-0.15, -0.1) is 0 Å². The van der Waals surface area contributed by atoms with Crippen LogP contribution in [0.5, 0.6) is 0 Å². The largest absolute Gasteiger partial charge is 0.444 e. The van der Waals surface area contributed by atoms with E-state index in [1.807, 2.05) is 0 Å². The van der Waals surface area contributed by atoms with Crippen LogP contribution in [0.15, 0.2) is 30.7 Å². The number of aliphatic hydroxyl groups is 1. The first-order valence-corrected chi connectivity index (χ1v) is 10.1. The van der Waals surface area contributed by atoms with Crippen molar-refractivity contribution in [1.29, 1.82) is 0 Å². The average molecular weight is 467 g/mol. The van der Waals surface area contributed by atoms with Crippen LogP contribution >= 0.6 is 0 Å². The summed E-state index contributed by atoms with van der Waals surface area (Å²) in [6.07, 6.45) is -3.74. The number of nitrogens with one attached hydrogen (secondary N) is 1. The number of carbonyl (C=O) groups is 2. The van der Waals surface area contributed by atoms with Crippen LogP contribution in [0.2, 0.25) is 0 Å². The topological polar surface area (TPSA) is 118 Å². The zero-order chi connectivity index (χ0) is 24.4. The molecule has 0 aliphatic carbocycles. The van der Waals surface area contributed by atoms with E-state index in [9.17, 15) is 27.9 Å². The Hall–Kier alpha value is -3.28. The van der Waals surface area contributed by atoms with Crippen LogP contribution in [0.3, 0.4) is 0 Å². The molecule has 2 amide bonds. The van der Waals surface area contributed by atoms with Gasteiger partial charge in [-0.2, -0.15) is 13.2 Å². The maximum atomic E-state index is 12.7. The summed E-state index contributed by atoms with van der Waals surface area (Å²) < 4.78 is 43.4. The number of β-amino-alcohol motifs (C(OH)–C–C–N with tert-alkyl or cyclic N) is 1. The minimum absolute atomic E-state index is 0.0167. The van der Waals surface area contributed by atoms with E-state index >= 15 is 0 Å². The lowest BCUT2D eigenvalue weighted by atomic mass is 10.1. The Morgan fingerprint density at radius 1 is 1.21 bits per heavy atom. The first-order chi connectivity index (χ1) is 15.3. The normalized spacial score (nSPS) is 18.8. The lowest BCUT2D eigenvalue weighted by Gasteiger charge is -2.27. The van der Waals surface area contributed by atoms with E-state index in [1.54, 1.807) is 20.8 Å². The van der Waals surface area contributed by atoms with Crippen LogP contribution in [0, 0.1) is 0 Å². The lowest BCUT2D eigenvalue weighted by molar-refractivity contribution is -0.141. The molecule has 0 spiro atoms. The molecule has 2 aromatic rings. The number of aliphatic hydroxyl groups excluding tert-OH is 1. The van der Waals surface area contributed by atoms with Gasteiger partial charge in [-0.05, 0) is 39.0 Å². The first kappa shape index (κ1) is 24.4. The van der Waals surface area contributed by atoms with Gasteiger partial charge in [0.05, 0.1) is 30.6 Å². The molecule has 0 aromatic carbocycles. The molecule has 1 fully saturated rings. The molecule has 0 saturated carbocycles. The summed E-state index contributed by atoms with van der Waals surface area (Å²) in [5.41, 5.74) is -0.678. The summed E-state index contributed by atoms with van der Waals surface area (Å²) in [7, 11) is 0. The van der Waals surface area contributed by atoms with Gasteiger partial charge in [0.15, 0.2) is 0 Å². The first-order valence-electron chi connectivity index (χ1n) is 10.1. The Kier molecular flexibility index (Phi) is 6.86. The van der Waals surface area contributed by atoms with Crippen molar-refractivity contribution >= 4 is 12.0 Å². The number of hydrogen-bond acceptors (Lipinski definition) is 7. The molecule has 2 N–H and O–H groups in total. The number of rotatable bonds is 4. The number of alkyl halides is 3. The van der Waals surface area contributed by atoms with Crippen LogP contribution in [0.25, 0.3) is 11.3 Å². The van der Waals surface area contributed by atoms with Gasteiger partial charge < -0.3 is 15.2 Å². The van der Waals surface area contributed by atoms with Crippen molar-refractivity contribution < 1.29 is 32.6 Å². The average Bonchev–Trinajstić information content (AvgIpc) is 3.12. The Labute approximate surface area is 188 Å². The zero-order valence-corrected chi connectivity index (χ0v) is 18.3. The summed E-state index contributed by atoms with van der Waals surface area (Å²) in [6.45, 7) is 5.06. The van der Waals surface area contributed by atoms with Crippen molar-refractivity contribution in [2.45, 2.75) is 57.7 Å². The van der Waals surface area contributed by atoms with Gasteiger partial charge in [0.2, 0.25) is 5.91 Å². The van der Waals surface area contributed by atoms with Gasteiger partial charge in [-0.25, -0.2) is 14.8 Å². The summed E-state index contributed by atoms with van der Waals surface area (Å²) in [5, 5.41) is 12.6. The van der Waals surface area contributed by atoms with E-state index < -0.39 is 41.6 Å². The van der Waals surface area contributed by atoms with Crippen LogP contribution in [0.4, 0.5) is 18.0 Å². The molecule has 9 nitrogen and oxygen atoms in total. The van der Waals surface area contributed by atoms with Gasteiger partial charge in [0, 0.05) is 18.2 Å². The van der Waals surface area contributed by atoms with Gasteiger partial charge >= 0.3 is 12.3 Å². The van der Waals surface area contributed by atoms with Crippen molar-refractivity contribution in [3.05, 3.63) is 42.1 Å². The Balaban J connectivity index is 1.66. The number of carbonyl (C=O) groups excluding carboxylic acids is 2. The fraction of sp³-hybridized carbons (Fsp3) is 0.476. The number of pyridine rings is 1. The van der Waals surface area contributed by atoms with Gasteiger partial charge in [0.25, 0.3) is 0 Å². The second-order valence-corrected chi connectivity index (χ2v) is 8.58. The van der Waals surface area contributed by atoms with Gasteiger partial charge in [-0.3, -0.25) is 14.7 Å². The zero-order valence-electron chi connectivity index (χ0n) is 18.3. The van der Waals surface area contributed by atoms with Crippen LogP contribution in [-0.4, -0.2) is 61.3 Å². The Morgan fingerprint density at radius 2 is 1.94 bits per heavy atom. The van der Waals surface area contributed by atoms with Crippen molar-refractivity contribution in [2.75, 3.05) is 6.54 Å². The molecule has 3 heterocycles. The highest BCUT2D eigenvalue weighted by atomic mass is 19.4. The SMILES string of the molecule is CC(C)(C)OC(=O)N1C[C@H](O)C[C@H]1C(=O)NCc1cc(-c2ccc(C(F)(F)F)nc2)ncn1. The Bertz CT molecular complexity index is 1010. The molecule has 0 bridgehead atoms. The quantitative estimate of drug-likeness (QED) is 0.710. The highest BCUT2D eigenvalue weighted by molar-refractivity contribution is 5.86. The molecule has 12 heteroatoms. The van der Waals surface area contributed by atoms with E-state index in [1.165, 1.54) is 23.4 Å². The molecular formula is C21H24F3N5O4. The van der Waals surface area contributed by atoms with Crippen LogP contribution in [-0.2, 0) is 22.3 Å². The maximum absolute atomic E-state index is 12.7. The molecule has 3 rings (SSSR count). The van der Waals surface area contributed by atoms with Crippen LogP contribution in [0.1, 0.15) is 38.6 Å². The third-order valence-corrected chi connectivity index (χ3v) is 4.73. The van der Waals surface area contributed by atoms with Crippen molar-refractivity contribution in [1.82, 2.24) is 25.2 Å². The number of nitrogens with zero attached hydrogens (tertiary/aromatic N) is 4. The fourth-order valence-corrected chi connectivity index (χ4v) is 3.25. The third-order valence-electron chi connectivity index (χ3n) is 4.73. The van der Waals surface area contributed by atoms with E-state index in [-0.39, 0.29) is 19.5 Å². The minimum atomic E-state index is -4.54. The standard InChI is InChI=1S/C21H24F3N5O4/c1-20(2,3)33-19(32)29-10-14(30)7-16(29)18(31)26-9-13-6-15(28-11-27-13)12-4-5-17(25-8-12)21(22,23)24/h4-6,8,11,14,16,30H,7,9-10H2,1-3H3,(H,26,31)/t14-,16+/m1/s1. The summed E-state index contributed by atoms with van der Waals surface area (Å²) in [4.78, 5) is 37.8. The fourth-order valence-electron chi connectivity index (χ4n) is 3.25. The molecule has 2 aromatic heterocycles. The maximum Gasteiger partial charge on any atom is 0.433 e. The second-order valence-electron chi connectivity index (χ2n) is 8.58. The number of halogens is 3. The third kappa shape index (κ3) is 6.37. The van der Waals surface area contributed by atoms with Crippen molar-refractivity contribution in [2.24, 2.45) is 0 Å². The molecular weight excluding hydrogens is 443 g/mol. The number of hydrogen-bond donors (Lipinski definition) is 2. The number of amides is 2. The number of likely N-dealkylation sites (tertiary alicyclic amines) is 1. The van der Waals surface area contributed by atoms with E-state index in [2.05, 4.69) is 20.3 Å². The molecule has 2 atom stereocenters. The van der Waals surface area contributed by atoms with Gasteiger partial charge in [-0.1, -0.05) is 0 Å². The predicted molar refractivity (Wildman–Crippen MR) is 109 cm³/mol. The minimum Gasteiger partial charge on any atom is -0.444 e. The van der Waals surface area contributed by atoms with E-state index in [0.717, 1.165) is 12.3 Å². The smallest absolute Gasteiger partial charge is 0.433 e. The highest BCUT2D eigenvalue weighted by Crippen LogP contribution is 2.28. The lowest BCUT2D eigenvalue weighted by Crippen LogP contribution is -2.47. The monoisotopic (exact) mass is 467 g/mol. The van der Waals surface area contributed by atoms with E-state index in [0.29, 0.717) is 17.0 Å². The molecule has 0 unspecified atom stereocenters. The molecule has 1 aliphatic rings. The highest BCUT2D eigenvalue weighted by Gasteiger charge is 2.40. The Morgan fingerprint density at radius 3 is 2.55 bits per heavy atom. The summed E-state index contributed by atoms with van der Waals surface area (Å²) in [5.74, 6) is -0.492. The second kappa shape index (κ2) is 9.30. The molecule has 178 valence electrons. The van der Waals surface area contributed by atoms with E-state index in [4.69, 9.17) is 4.74 Å². The van der Waals surface area contributed by atoms with Gasteiger partial charge in [0.1, 0.15) is 23.7 Å². The number of aromatic nitrogens is 3. The molecule has 33 heavy (non-hydrogen) atoms. The molecule has 0 radical (unpaired) electrons.